The second-order valence-electron chi connectivity index (χ2n) is 3.96. The Morgan fingerprint density at radius 2 is 1.87 bits per heavy atom. The van der Waals surface area contributed by atoms with Crippen molar-refractivity contribution < 1.29 is 14.4 Å². The molecule has 1 saturated carbocycles. The van der Waals surface area contributed by atoms with Gasteiger partial charge in [0.2, 0.25) is 0 Å². The maximum atomic E-state index is 11.6. The second kappa shape index (κ2) is 3.93. The third-order valence-corrected chi connectivity index (χ3v) is 2.91. The maximum absolute atomic E-state index is 11.6. The van der Waals surface area contributed by atoms with Crippen LogP contribution in [0.4, 0.5) is 0 Å². The largest absolute Gasteiger partial charge is 0.299 e. The van der Waals surface area contributed by atoms with Gasteiger partial charge in [0, 0.05) is 17.9 Å². The normalized spacial score (nSPS) is 26.8. The highest BCUT2D eigenvalue weighted by Gasteiger charge is 2.30. The van der Waals surface area contributed by atoms with Crippen molar-refractivity contribution in [3.63, 3.8) is 0 Å². The average Bonchev–Trinajstić information content (AvgIpc) is 2.23. The molecule has 2 rings (SSSR count). The third-order valence-electron chi connectivity index (χ3n) is 2.91. The summed E-state index contributed by atoms with van der Waals surface area (Å²) in [5.41, 5.74) is 0.396. The van der Waals surface area contributed by atoms with Crippen LogP contribution in [-0.2, 0) is 14.4 Å². The molecule has 0 aromatic heterocycles. The van der Waals surface area contributed by atoms with Crippen molar-refractivity contribution >= 4 is 17.3 Å². The van der Waals surface area contributed by atoms with E-state index in [1.54, 1.807) is 0 Å². The van der Waals surface area contributed by atoms with Crippen molar-refractivity contribution in [2.75, 3.05) is 0 Å². The number of Topliss-reactive ketones (excluding diaryl/α,β-unsaturated/α-hetero) is 1. The van der Waals surface area contributed by atoms with Gasteiger partial charge in [0.25, 0.3) is 0 Å². The van der Waals surface area contributed by atoms with Crippen LogP contribution in [0.3, 0.4) is 0 Å². The molecule has 0 aromatic rings. The van der Waals surface area contributed by atoms with E-state index in [0.29, 0.717) is 18.4 Å². The van der Waals surface area contributed by atoms with Gasteiger partial charge in [-0.1, -0.05) is 6.42 Å². The van der Waals surface area contributed by atoms with Crippen LogP contribution in [-0.4, -0.2) is 17.3 Å². The van der Waals surface area contributed by atoms with E-state index in [0.717, 1.165) is 12.8 Å². The first-order valence-corrected chi connectivity index (χ1v) is 5.19. The molecule has 1 atom stereocenters. The number of hydrogen-bond acceptors (Lipinski definition) is 3. The van der Waals surface area contributed by atoms with Crippen LogP contribution in [0.25, 0.3) is 0 Å². The lowest BCUT2D eigenvalue weighted by atomic mass is 9.79. The number of allylic oxidation sites excluding steroid dienone is 4. The Labute approximate surface area is 87.8 Å². The first-order valence-electron chi connectivity index (χ1n) is 5.19. The highest BCUT2D eigenvalue weighted by Crippen LogP contribution is 2.28. The van der Waals surface area contributed by atoms with Crippen LogP contribution in [0, 0.1) is 5.92 Å². The molecule has 78 valence electrons. The summed E-state index contributed by atoms with van der Waals surface area (Å²) in [4.78, 5) is 34.3. The van der Waals surface area contributed by atoms with Gasteiger partial charge in [0.05, 0.1) is 0 Å². The smallest absolute Gasteiger partial charge is 0.182 e. The van der Waals surface area contributed by atoms with Crippen LogP contribution >= 0.6 is 0 Å². The number of ketones is 3. The summed E-state index contributed by atoms with van der Waals surface area (Å²) in [5, 5.41) is 0. The number of hydrogen-bond donors (Lipinski definition) is 0. The molecule has 2 aliphatic carbocycles. The van der Waals surface area contributed by atoms with E-state index < -0.39 is 0 Å². The molecule has 2 aliphatic rings. The summed E-state index contributed by atoms with van der Waals surface area (Å²) in [5.74, 6) is -0.609. The molecule has 1 fully saturated rings. The monoisotopic (exact) mass is 204 g/mol. The zero-order valence-corrected chi connectivity index (χ0v) is 8.36. The van der Waals surface area contributed by atoms with E-state index in [1.807, 2.05) is 0 Å². The van der Waals surface area contributed by atoms with Crippen LogP contribution in [0.5, 0.6) is 0 Å². The molecule has 0 heterocycles. The lowest BCUT2D eigenvalue weighted by molar-refractivity contribution is -0.125. The van der Waals surface area contributed by atoms with E-state index in [9.17, 15) is 14.4 Å². The first kappa shape index (κ1) is 10.0. The highest BCUT2D eigenvalue weighted by atomic mass is 16.1. The van der Waals surface area contributed by atoms with Crippen molar-refractivity contribution in [3.8, 4) is 0 Å². The van der Waals surface area contributed by atoms with Gasteiger partial charge in [-0.05, 0) is 31.1 Å². The van der Waals surface area contributed by atoms with Gasteiger partial charge in [-0.15, -0.1) is 0 Å². The second-order valence-corrected chi connectivity index (χ2v) is 3.96. The third kappa shape index (κ3) is 1.96. The number of carbonyl (C=O) groups excluding carboxylic acids is 3. The van der Waals surface area contributed by atoms with E-state index in [-0.39, 0.29) is 23.3 Å². The molecule has 0 bridgehead atoms. The zero-order chi connectivity index (χ0) is 10.8. The summed E-state index contributed by atoms with van der Waals surface area (Å²) in [6.45, 7) is 0. The highest BCUT2D eigenvalue weighted by molar-refractivity contribution is 6.19. The fourth-order valence-corrected chi connectivity index (χ4v) is 2.11. The van der Waals surface area contributed by atoms with Crippen LogP contribution in [0.15, 0.2) is 23.8 Å². The van der Waals surface area contributed by atoms with E-state index in [1.165, 1.54) is 18.2 Å². The fraction of sp³-hybridized carbons (Fsp3) is 0.417. The predicted molar refractivity (Wildman–Crippen MR) is 54.2 cm³/mol. The molecular formula is C12H12O3. The molecule has 0 N–H and O–H groups in total. The van der Waals surface area contributed by atoms with E-state index >= 15 is 0 Å². The number of carbonyl (C=O) groups is 3. The van der Waals surface area contributed by atoms with Crippen molar-refractivity contribution in [1.29, 1.82) is 0 Å². The maximum Gasteiger partial charge on any atom is 0.182 e. The lowest BCUT2D eigenvalue weighted by Crippen LogP contribution is -2.26. The Morgan fingerprint density at radius 3 is 2.60 bits per heavy atom. The molecule has 0 spiro atoms. The van der Waals surface area contributed by atoms with Crippen LogP contribution < -0.4 is 0 Å². The van der Waals surface area contributed by atoms with Crippen molar-refractivity contribution in [2.24, 2.45) is 5.92 Å². The van der Waals surface area contributed by atoms with Gasteiger partial charge in [-0.3, -0.25) is 14.4 Å². The van der Waals surface area contributed by atoms with Crippen LogP contribution in [0.1, 0.15) is 25.7 Å². The molecule has 0 aliphatic heterocycles. The molecule has 1 unspecified atom stereocenters. The summed E-state index contributed by atoms with van der Waals surface area (Å²) in [6.07, 6.45) is 6.93. The van der Waals surface area contributed by atoms with E-state index in [2.05, 4.69) is 0 Å². The topological polar surface area (TPSA) is 51.2 Å². The predicted octanol–water partition coefficient (Wildman–Crippen LogP) is 1.38. The fourth-order valence-electron chi connectivity index (χ4n) is 2.11. The van der Waals surface area contributed by atoms with Gasteiger partial charge in [-0.25, -0.2) is 0 Å². The summed E-state index contributed by atoms with van der Waals surface area (Å²) >= 11 is 0. The van der Waals surface area contributed by atoms with Gasteiger partial charge in [0.1, 0.15) is 5.78 Å². The van der Waals surface area contributed by atoms with E-state index in [4.69, 9.17) is 0 Å². The van der Waals surface area contributed by atoms with Crippen molar-refractivity contribution in [3.05, 3.63) is 23.8 Å². The minimum Gasteiger partial charge on any atom is -0.299 e. The number of rotatable bonds is 1. The van der Waals surface area contributed by atoms with Gasteiger partial charge < -0.3 is 0 Å². The molecule has 3 nitrogen and oxygen atoms in total. The molecule has 0 radical (unpaired) electrons. The Hall–Kier alpha value is -1.51. The molecule has 0 amide bonds. The Bertz CT molecular complexity index is 388. The molecular weight excluding hydrogens is 192 g/mol. The molecule has 15 heavy (non-hydrogen) atoms. The molecule has 0 saturated heterocycles. The average molecular weight is 204 g/mol. The Kier molecular flexibility index (Phi) is 2.62. The summed E-state index contributed by atoms with van der Waals surface area (Å²) in [7, 11) is 0. The van der Waals surface area contributed by atoms with Crippen molar-refractivity contribution in [1.82, 2.24) is 0 Å². The molecule has 3 heteroatoms. The quantitative estimate of drug-likeness (QED) is 0.606. The van der Waals surface area contributed by atoms with Gasteiger partial charge in [-0.2, -0.15) is 0 Å². The van der Waals surface area contributed by atoms with Gasteiger partial charge in [0.15, 0.2) is 11.6 Å². The minimum absolute atomic E-state index is 0.101. The summed E-state index contributed by atoms with van der Waals surface area (Å²) in [6, 6.07) is 0. The van der Waals surface area contributed by atoms with Gasteiger partial charge >= 0.3 is 0 Å². The molecule has 0 aromatic carbocycles. The Morgan fingerprint density at radius 1 is 1.07 bits per heavy atom. The standard InChI is InChI=1S/C12H12O3/c13-8-5-6-12(15)10(7-8)9-3-1-2-4-11(9)14/h5-7,9H,1-4H2. The van der Waals surface area contributed by atoms with Crippen LogP contribution in [0.2, 0.25) is 0 Å². The van der Waals surface area contributed by atoms with Crippen molar-refractivity contribution in [2.45, 2.75) is 25.7 Å². The lowest BCUT2D eigenvalue weighted by Gasteiger charge is -2.22. The zero-order valence-electron chi connectivity index (χ0n) is 8.36. The Balaban J connectivity index is 2.25. The first-order chi connectivity index (χ1) is 7.18. The minimum atomic E-state index is -0.333. The SMILES string of the molecule is O=C1C=CC(=O)C(C2CCCCC2=O)=C1. The summed E-state index contributed by atoms with van der Waals surface area (Å²) < 4.78 is 0.